The van der Waals surface area contributed by atoms with E-state index in [1.165, 1.54) is 38.5 Å². The van der Waals surface area contributed by atoms with E-state index in [0.717, 1.165) is 24.3 Å². The van der Waals surface area contributed by atoms with Crippen molar-refractivity contribution in [1.29, 1.82) is 0 Å². The SMILES string of the molecule is C/C=C(/B1C2CCCC1CCC2)C(C)C. The van der Waals surface area contributed by atoms with Gasteiger partial charge in [-0.05, 0) is 12.8 Å². The molecule has 0 aliphatic carbocycles. The third-order valence-electron chi connectivity index (χ3n) is 4.70. The van der Waals surface area contributed by atoms with Crippen LogP contribution in [0.4, 0.5) is 0 Å². The number of hydrogen-bond acceptors (Lipinski definition) is 0. The number of rotatable bonds is 2. The lowest BCUT2D eigenvalue weighted by Gasteiger charge is -2.42. The molecule has 0 nitrogen and oxygen atoms in total. The van der Waals surface area contributed by atoms with E-state index < -0.39 is 0 Å². The van der Waals surface area contributed by atoms with Gasteiger partial charge in [-0.25, -0.2) is 0 Å². The second-order valence-electron chi connectivity index (χ2n) is 5.85. The predicted molar refractivity (Wildman–Crippen MR) is 69.6 cm³/mol. The van der Waals surface area contributed by atoms with E-state index in [9.17, 15) is 0 Å². The molecule has 0 amide bonds. The molecule has 0 aromatic rings. The maximum absolute atomic E-state index is 2.42. The molecule has 0 N–H and O–H groups in total. The van der Waals surface area contributed by atoms with Gasteiger partial charge >= 0.3 is 0 Å². The summed E-state index contributed by atoms with van der Waals surface area (Å²) in [6.07, 6.45) is 11.4. The van der Waals surface area contributed by atoms with Gasteiger partial charge in [0.25, 0.3) is 0 Å². The fourth-order valence-electron chi connectivity index (χ4n) is 4.13. The minimum atomic E-state index is 0.765. The molecular formula is C14H25B. The Hall–Kier alpha value is -0.195. The highest BCUT2D eigenvalue weighted by atomic mass is 14.3. The minimum Gasteiger partial charge on any atom is -0.102 e. The summed E-state index contributed by atoms with van der Waals surface area (Å²) in [7, 11) is 0. The van der Waals surface area contributed by atoms with Gasteiger partial charge in [-0.1, -0.05) is 70.1 Å². The standard InChI is InChI=1S/C14H25B/c1-4-14(11(2)3)15-12-7-5-8-13(15)10-6-9-12/h4,11-13H,5-10H2,1-3H3/b14-4+. The van der Waals surface area contributed by atoms with E-state index in [-0.39, 0.29) is 0 Å². The van der Waals surface area contributed by atoms with Crippen molar-refractivity contribution in [2.45, 2.75) is 70.9 Å². The summed E-state index contributed by atoms with van der Waals surface area (Å²) in [5.74, 6) is 2.83. The zero-order valence-corrected chi connectivity index (χ0v) is 10.6. The minimum absolute atomic E-state index is 0.765. The van der Waals surface area contributed by atoms with Crippen LogP contribution in [0.25, 0.3) is 0 Å². The van der Waals surface area contributed by atoms with Gasteiger partial charge in [0.15, 0.2) is 6.71 Å². The van der Waals surface area contributed by atoms with Crippen molar-refractivity contribution < 1.29 is 0 Å². The molecule has 2 aliphatic heterocycles. The van der Waals surface area contributed by atoms with Crippen molar-refractivity contribution in [1.82, 2.24) is 0 Å². The van der Waals surface area contributed by atoms with Crippen LogP contribution in [0.3, 0.4) is 0 Å². The third-order valence-corrected chi connectivity index (χ3v) is 4.70. The normalized spacial score (nSPS) is 32.3. The van der Waals surface area contributed by atoms with Crippen molar-refractivity contribution in [3.05, 3.63) is 11.5 Å². The Kier molecular flexibility index (Phi) is 3.58. The lowest BCUT2D eigenvalue weighted by atomic mass is 9.23. The summed E-state index contributed by atoms with van der Waals surface area (Å²) in [4.78, 5) is 0. The van der Waals surface area contributed by atoms with E-state index in [1.54, 1.807) is 5.47 Å². The molecule has 2 heterocycles. The molecular weight excluding hydrogens is 179 g/mol. The second-order valence-corrected chi connectivity index (χ2v) is 5.85. The summed E-state index contributed by atoms with van der Waals surface area (Å²) >= 11 is 0. The summed E-state index contributed by atoms with van der Waals surface area (Å²) in [6, 6.07) is 0. The van der Waals surface area contributed by atoms with Crippen LogP contribution in [0.2, 0.25) is 11.6 Å². The first kappa shape index (κ1) is 11.3. The Morgan fingerprint density at radius 3 is 1.87 bits per heavy atom. The van der Waals surface area contributed by atoms with Gasteiger partial charge in [-0.15, -0.1) is 5.47 Å². The highest BCUT2D eigenvalue weighted by molar-refractivity contribution is 6.70. The topological polar surface area (TPSA) is 0 Å². The van der Waals surface area contributed by atoms with Crippen molar-refractivity contribution >= 4 is 6.71 Å². The number of allylic oxidation sites excluding steroid dienone is 2. The molecule has 2 bridgehead atoms. The van der Waals surface area contributed by atoms with E-state index in [4.69, 9.17) is 0 Å². The Morgan fingerprint density at radius 1 is 1.07 bits per heavy atom. The van der Waals surface area contributed by atoms with Gasteiger partial charge in [-0.3, -0.25) is 0 Å². The molecule has 0 aromatic carbocycles. The molecule has 84 valence electrons. The molecule has 0 unspecified atom stereocenters. The van der Waals surface area contributed by atoms with Crippen molar-refractivity contribution in [3.8, 4) is 0 Å². The number of fused-ring (bicyclic) bond motifs is 2. The first-order chi connectivity index (χ1) is 7.24. The molecule has 0 aromatic heterocycles. The van der Waals surface area contributed by atoms with Crippen LogP contribution in [0.5, 0.6) is 0 Å². The molecule has 2 saturated heterocycles. The maximum Gasteiger partial charge on any atom is 0.176 e. The summed E-state index contributed by atoms with van der Waals surface area (Å²) < 4.78 is 0. The fraction of sp³-hybridized carbons (Fsp3) is 0.857. The van der Waals surface area contributed by atoms with Gasteiger partial charge in [0, 0.05) is 0 Å². The van der Waals surface area contributed by atoms with Crippen LogP contribution >= 0.6 is 0 Å². The van der Waals surface area contributed by atoms with Gasteiger partial charge in [0.1, 0.15) is 0 Å². The lowest BCUT2D eigenvalue weighted by molar-refractivity contribution is 0.443. The van der Waals surface area contributed by atoms with Crippen LogP contribution < -0.4 is 0 Å². The zero-order valence-electron chi connectivity index (χ0n) is 10.6. The molecule has 0 radical (unpaired) electrons. The van der Waals surface area contributed by atoms with E-state index in [1.807, 2.05) is 0 Å². The van der Waals surface area contributed by atoms with E-state index in [2.05, 4.69) is 26.8 Å². The molecule has 1 heteroatoms. The molecule has 2 aliphatic rings. The monoisotopic (exact) mass is 204 g/mol. The predicted octanol–water partition coefficient (Wildman–Crippen LogP) is 4.73. The van der Waals surface area contributed by atoms with Gasteiger partial charge in [0.2, 0.25) is 0 Å². The van der Waals surface area contributed by atoms with Gasteiger partial charge in [-0.2, -0.15) is 0 Å². The molecule has 15 heavy (non-hydrogen) atoms. The van der Waals surface area contributed by atoms with Crippen LogP contribution in [-0.2, 0) is 0 Å². The maximum atomic E-state index is 2.42. The summed E-state index contributed by atoms with van der Waals surface area (Å²) in [5, 5.41) is 0. The van der Waals surface area contributed by atoms with Crippen LogP contribution in [0.15, 0.2) is 11.5 Å². The largest absolute Gasteiger partial charge is 0.176 e. The highest BCUT2D eigenvalue weighted by Gasteiger charge is 2.41. The highest BCUT2D eigenvalue weighted by Crippen LogP contribution is 2.49. The van der Waals surface area contributed by atoms with Crippen molar-refractivity contribution in [2.24, 2.45) is 5.92 Å². The van der Waals surface area contributed by atoms with E-state index in [0.29, 0.717) is 0 Å². The van der Waals surface area contributed by atoms with Crippen molar-refractivity contribution in [3.63, 3.8) is 0 Å². The first-order valence-electron chi connectivity index (χ1n) is 6.90. The molecule has 0 atom stereocenters. The van der Waals surface area contributed by atoms with Crippen molar-refractivity contribution in [2.75, 3.05) is 0 Å². The Balaban J connectivity index is 2.18. The van der Waals surface area contributed by atoms with Crippen LogP contribution in [0.1, 0.15) is 59.3 Å². The smallest absolute Gasteiger partial charge is 0.102 e. The Bertz CT molecular complexity index is 220. The molecule has 2 fully saturated rings. The fourth-order valence-corrected chi connectivity index (χ4v) is 4.13. The quantitative estimate of drug-likeness (QED) is 0.570. The summed E-state index contributed by atoms with van der Waals surface area (Å²) in [5.41, 5.74) is 1.77. The van der Waals surface area contributed by atoms with Crippen LogP contribution in [-0.4, -0.2) is 6.71 Å². The first-order valence-corrected chi connectivity index (χ1v) is 6.90. The van der Waals surface area contributed by atoms with Gasteiger partial charge < -0.3 is 0 Å². The van der Waals surface area contributed by atoms with Gasteiger partial charge in [0.05, 0.1) is 0 Å². The molecule has 0 spiro atoms. The van der Waals surface area contributed by atoms with Crippen LogP contribution in [0, 0.1) is 5.92 Å². The average Bonchev–Trinajstić information content (AvgIpc) is 2.17. The third kappa shape index (κ3) is 2.17. The lowest BCUT2D eigenvalue weighted by Crippen LogP contribution is -2.38. The zero-order chi connectivity index (χ0) is 10.8. The molecule has 2 rings (SSSR count). The second kappa shape index (κ2) is 4.76. The Morgan fingerprint density at radius 2 is 1.53 bits per heavy atom. The van der Waals surface area contributed by atoms with E-state index >= 15 is 0 Å². The summed E-state index contributed by atoms with van der Waals surface area (Å²) in [6.45, 7) is 7.96. The molecule has 0 saturated carbocycles. The average molecular weight is 204 g/mol. The number of hydrogen-bond donors (Lipinski definition) is 0. The Labute approximate surface area is 95.6 Å².